The average molecular weight is 413 g/mol. The first-order valence-electron chi connectivity index (χ1n) is 10.2. The minimum Gasteiger partial charge on any atom is -0.489 e. The van der Waals surface area contributed by atoms with E-state index in [-0.39, 0.29) is 6.79 Å². The van der Waals surface area contributed by atoms with E-state index < -0.39 is 0 Å². The molecule has 0 saturated carbocycles. The first kappa shape index (κ1) is 19.1. The van der Waals surface area contributed by atoms with E-state index in [9.17, 15) is 0 Å². The lowest BCUT2D eigenvalue weighted by Crippen LogP contribution is -2.06. The number of ether oxygens (including phenoxy) is 3. The van der Waals surface area contributed by atoms with Gasteiger partial charge in [-0.2, -0.15) is 0 Å². The Bertz CT molecular complexity index is 1190. The van der Waals surface area contributed by atoms with Gasteiger partial charge in [0, 0.05) is 19.2 Å². The van der Waals surface area contributed by atoms with Crippen molar-refractivity contribution in [1.82, 2.24) is 9.55 Å². The number of imidazole rings is 1. The molecule has 0 saturated heterocycles. The highest BCUT2D eigenvalue weighted by atomic mass is 16.7. The second-order valence-corrected chi connectivity index (χ2v) is 7.37. The SMILES string of the molecule is Cn1c(-c2ccc3c(c2)OCO3)cnc1NCc1cccc(OCc2ccccc2)c1. The maximum atomic E-state index is 5.94. The second-order valence-electron chi connectivity index (χ2n) is 7.37. The number of fused-ring (bicyclic) bond motifs is 1. The molecule has 3 aromatic carbocycles. The predicted molar refractivity (Wildman–Crippen MR) is 119 cm³/mol. The summed E-state index contributed by atoms with van der Waals surface area (Å²) < 4.78 is 18.9. The summed E-state index contributed by atoms with van der Waals surface area (Å²) in [4.78, 5) is 4.55. The molecule has 0 aliphatic carbocycles. The fraction of sp³-hybridized carbons (Fsp3) is 0.160. The molecule has 0 atom stereocenters. The Balaban J connectivity index is 1.24. The molecule has 1 aliphatic rings. The van der Waals surface area contributed by atoms with Gasteiger partial charge in [0.1, 0.15) is 12.4 Å². The molecule has 156 valence electrons. The van der Waals surface area contributed by atoms with E-state index in [2.05, 4.69) is 34.6 Å². The van der Waals surface area contributed by atoms with E-state index in [0.717, 1.165) is 45.6 Å². The van der Waals surface area contributed by atoms with Crippen LogP contribution in [0, 0.1) is 0 Å². The van der Waals surface area contributed by atoms with Crippen LogP contribution >= 0.6 is 0 Å². The molecule has 0 amide bonds. The quantitative estimate of drug-likeness (QED) is 0.462. The van der Waals surface area contributed by atoms with Crippen LogP contribution in [0.2, 0.25) is 0 Å². The molecule has 4 aromatic rings. The van der Waals surface area contributed by atoms with Crippen molar-refractivity contribution in [3.63, 3.8) is 0 Å². The zero-order valence-corrected chi connectivity index (χ0v) is 17.2. The Morgan fingerprint density at radius 2 is 1.77 bits per heavy atom. The van der Waals surface area contributed by atoms with Gasteiger partial charge in [0.15, 0.2) is 11.5 Å². The summed E-state index contributed by atoms with van der Waals surface area (Å²) in [5, 5.41) is 3.41. The summed E-state index contributed by atoms with van der Waals surface area (Å²) in [6.45, 7) is 1.47. The fourth-order valence-corrected chi connectivity index (χ4v) is 3.57. The summed E-state index contributed by atoms with van der Waals surface area (Å²) in [5.74, 6) is 3.19. The molecule has 1 aliphatic heterocycles. The fourth-order valence-electron chi connectivity index (χ4n) is 3.57. The molecule has 2 heterocycles. The van der Waals surface area contributed by atoms with Gasteiger partial charge in [-0.05, 0) is 41.5 Å². The Morgan fingerprint density at radius 3 is 2.68 bits per heavy atom. The number of nitrogens with one attached hydrogen (secondary N) is 1. The van der Waals surface area contributed by atoms with Crippen LogP contribution in [0.15, 0.2) is 79.0 Å². The maximum Gasteiger partial charge on any atom is 0.231 e. The van der Waals surface area contributed by atoms with Crippen molar-refractivity contribution in [2.24, 2.45) is 7.05 Å². The monoisotopic (exact) mass is 413 g/mol. The Morgan fingerprint density at radius 1 is 0.935 bits per heavy atom. The van der Waals surface area contributed by atoms with E-state index in [1.165, 1.54) is 0 Å². The van der Waals surface area contributed by atoms with Crippen molar-refractivity contribution in [2.75, 3.05) is 12.1 Å². The average Bonchev–Trinajstić information content (AvgIpc) is 3.43. The van der Waals surface area contributed by atoms with E-state index in [1.54, 1.807) is 0 Å². The Kier molecular flexibility index (Phi) is 5.19. The Labute approximate surface area is 181 Å². The van der Waals surface area contributed by atoms with Gasteiger partial charge in [0.05, 0.1) is 11.9 Å². The maximum absolute atomic E-state index is 5.94. The van der Waals surface area contributed by atoms with Crippen molar-refractivity contribution < 1.29 is 14.2 Å². The molecule has 0 fully saturated rings. The molecule has 0 spiro atoms. The lowest BCUT2D eigenvalue weighted by Gasteiger charge is -2.11. The third-order valence-electron chi connectivity index (χ3n) is 5.25. The molecule has 0 bridgehead atoms. The minimum absolute atomic E-state index is 0.269. The van der Waals surface area contributed by atoms with Gasteiger partial charge >= 0.3 is 0 Å². The van der Waals surface area contributed by atoms with Crippen LogP contribution in [0.3, 0.4) is 0 Å². The largest absolute Gasteiger partial charge is 0.489 e. The van der Waals surface area contributed by atoms with E-state index in [0.29, 0.717) is 13.2 Å². The second kappa shape index (κ2) is 8.44. The lowest BCUT2D eigenvalue weighted by atomic mass is 10.1. The molecule has 1 N–H and O–H groups in total. The summed E-state index contributed by atoms with van der Waals surface area (Å²) in [7, 11) is 1.99. The van der Waals surface area contributed by atoms with Gasteiger partial charge in [-0.1, -0.05) is 42.5 Å². The number of aromatic nitrogens is 2. The summed E-state index contributed by atoms with van der Waals surface area (Å²) in [5.41, 5.74) is 4.30. The number of anilines is 1. The summed E-state index contributed by atoms with van der Waals surface area (Å²) in [6, 6.07) is 24.2. The third kappa shape index (κ3) is 4.19. The van der Waals surface area contributed by atoms with Gasteiger partial charge in [-0.15, -0.1) is 0 Å². The van der Waals surface area contributed by atoms with Gasteiger partial charge in [-0.25, -0.2) is 4.98 Å². The van der Waals surface area contributed by atoms with Gasteiger partial charge in [-0.3, -0.25) is 0 Å². The molecule has 6 heteroatoms. The van der Waals surface area contributed by atoms with Crippen molar-refractivity contribution in [2.45, 2.75) is 13.2 Å². The van der Waals surface area contributed by atoms with Gasteiger partial charge < -0.3 is 24.1 Å². The number of hydrogen-bond donors (Lipinski definition) is 1. The molecule has 1 aromatic heterocycles. The standard InChI is InChI=1S/C25H23N3O3/c1-28-22(20-10-11-23-24(13-20)31-17-30-23)15-27-25(28)26-14-19-8-5-9-21(12-19)29-16-18-6-3-2-4-7-18/h2-13,15H,14,16-17H2,1H3,(H,26,27). The zero-order valence-electron chi connectivity index (χ0n) is 17.2. The van der Waals surface area contributed by atoms with Crippen molar-refractivity contribution >= 4 is 5.95 Å². The molecular weight excluding hydrogens is 390 g/mol. The highest BCUT2D eigenvalue weighted by Gasteiger charge is 2.16. The number of hydrogen-bond acceptors (Lipinski definition) is 5. The zero-order chi connectivity index (χ0) is 21.0. The molecule has 5 rings (SSSR count). The minimum atomic E-state index is 0.269. The molecule has 31 heavy (non-hydrogen) atoms. The van der Waals surface area contributed by atoms with Crippen LogP contribution in [0.1, 0.15) is 11.1 Å². The first-order valence-corrected chi connectivity index (χ1v) is 10.2. The van der Waals surface area contributed by atoms with Crippen LogP contribution in [-0.2, 0) is 20.2 Å². The predicted octanol–water partition coefficient (Wildman–Crippen LogP) is 5.01. The summed E-state index contributed by atoms with van der Waals surface area (Å²) in [6.07, 6.45) is 1.86. The first-order chi connectivity index (χ1) is 15.3. The van der Waals surface area contributed by atoms with Gasteiger partial charge in [0.2, 0.25) is 12.7 Å². The van der Waals surface area contributed by atoms with Crippen LogP contribution < -0.4 is 19.5 Å². The van der Waals surface area contributed by atoms with Crippen LogP contribution in [0.4, 0.5) is 5.95 Å². The molecule has 0 radical (unpaired) electrons. The van der Waals surface area contributed by atoms with Gasteiger partial charge in [0.25, 0.3) is 0 Å². The van der Waals surface area contributed by atoms with Crippen LogP contribution in [0.5, 0.6) is 17.2 Å². The van der Waals surface area contributed by atoms with Crippen molar-refractivity contribution in [1.29, 1.82) is 0 Å². The van der Waals surface area contributed by atoms with E-state index in [1.807, 2.05) is 66.3 Å². The lowest BCUT2D eigenvalue weighted by molar-refractivity contribution is 0.174. The topological polar surface area (TPSA) is 57.5 Å². The van der Waals surface area contributed by atoms with Crippen molar-refractivity contribution in [3.8, 4) is 28.5 Å². The molecular formula is C25H23N3O3. The van der Waals surface area contributed by atoms with Crippen LogP contribution in [0.25, 0.3) is 11.3 Å². The van der Waals surface area contributed by atoms with Crippen molar-refractivity contribution in [3.05, 3.63) is 90.1 Å². The van der Waals surface area contributed by atoms with E-state index in [4.69, 9.17) is 14.2 Å². The smallest absolute Gasteiger partial charge is 0.231 e. The highest BCUT2D eigenvalue weighted by Crippen LogP contribution is 2.36. The Hall–Kier alpha value is -3.93. The molecule has 0 unspecified atom stereocenters. The highest BCUT2D eigenvalue weighted by molar-refractivity contribution is 5.66. The third-order valence-corrected chi connectivity index (χ3v) is 5.25. The number of benzene rings is 3. The number of nitrogens with zero attached hydrogens (tertiary/aromatic N) is 2. The normalized spacial score (nSPS) is 12.0. The van der Waals surface area contributed by atoms with E-state index >= 15 is 0 Å². The molecule has 6 nitrogen and oxygen atoms in total. The summed E-state index contributed by atoms with van der Waals surface area (Å²) >= 11 is 0. The number of rotatable bonds is 7. The van der Waals surface area contributed by atoms with Crippen LogP contribution in [-0.4, -0.2) is 16.3 Å².